The Bertz CT molecular complexity index is 1620. The summed E-state index contributed by atoms with van der Waals surface area (Å²) in [6.07, 6.45) is -0.446. The second kappa shape index (κ2) is 11.9. The molecule has 3 aromatic carbocycles. The molecule has 0 radical (unpaired) electrons. The summed E-state index contributed by atoms with van der Waals surface area (Å²) in [4.78, 5) is 33.5. The fraction of sp³-hybridized carbons (Fsp3) is 0.250. The van der Waals surface area contributed by atoms with Crippen molar-refractivity contribution in [2.75, 3.05) is 37.7 Å². The first-order valence-corrected chi connectivity index (χ1v) is 15.3. The first-order valence-electron chi connectivity index (χ1n) is 12.7. The maximum Gasteiger partial charge on any atom is 0.409 e. The third-order valence-electron chi connectivity index (χ3n) is 6.52. The molecule has 1 fully saturated rings. The summed E-state index contributed by atoms with van der Waals surface area (Å²) in [5.41, 5.74) is 1.87. The van der Waals surface area contributed by atoms with Crippen LogP contribution in [-0.4, -0.2) is 67.4 Å². The van der Waals surface area contributed by atoms with E-state index in [2.05, 4.69) is 4.98 Å². The lowest BCUT2D eigenvalue weighted by Gasteiger charge is -2.33. The highest BCUT2D eigenvalue weighted by Gasteiger charge is 2.31. The number of rotatable bonds is 7. The Morgan fingerprint density at radius 1 is 0.975 bits per heavy atom. The van der Waals surface area contributed by atoms with Gasteiger partial charge < -0.3 is 9.64 Å². The summed E-state index contributed by atoms with van der Waals surface area (Å²) < 4.78 is 33.8. The quantitative estimate of drug-likeness (QED) is 0.288. The van der Waals surface area contributed by atoms with E-state index in [0.29, 0.717) is 21.2 Å². The minimum Gasteiger partial charge on any atom is -0.450 e. The van der Waals surface area contributed by atoms with Crippen molar-refractivity contribution in [1.29, 1.82) is 0 Å². The Kier molecular flexibility index (Phi) is 8.36. The van der Waals surface area contributed by atoms with E-state index in [0.717, 1.165) is 10.3 Å². The minimum absolute atomic E-state index is 0.0787. The monoisotopic (exact) mass is 598 g/mol. The van der Waals surface area contributed by atoms with Gasteiger partial charge in [0, 0.05) is 31.7 Å². The van der Waals surface area contributed by atoms with E-state index in [1.807, 2.05) is 42.5 Å². The number of benzene rings is 3. The number of aromatic nitrogens is 1. The zero-order valence-electron chi connectivity index (χ0n) is 21.7. The Balaban J connectivity index is 1.38. The van der Waals surface area contributed by atoms with Gasteiger partial charge in [-0.3, -0.25) is 9.69 Å². The van der Waals surface area contributed by atoms with E-state index in [1.54, 1.807) is 17.9 Å². The van der Waals surface area contributed by atoms with Crippen molar-refractivity contribution in [3.8, 4) is 0 Å². The summed E-state index contributed by atoms with van der Waals surface area (Å²) in [6, 6.07) is 21.0. The molecule has 0 N–H and O–H groups in total. The van der Waals surface area contributed by atoms with Crippen LogP contribution in [0.1, 0.15) is 22.8 Å². The number of anilines is 1. The lowest BCUT2D eigenvalue weighted by Crippen LogP contribution is -2.50. The number of fused-ring (bicyclic) bond motifs is 1. The Labute approximate surface area is 241 Å². The number of thiazole rings is 1. The number of amides is 2. The molecule has 1 aliphatic heterocycles. The molecule has 12 heteroatoms. The van der Waals surface area contributed by atoms with Gasteiger partial charge in [0.1, 0.15) is 5.52 Å². The van der Waals surface area contributed by atoms with Crippen LogP contribution < -0.4 is 4.90 Å². The zero-order valence-corrected chi connectivity index (χ0v) is 24.1. The molecule has 0 unspecified atom stereocenters. The van der Waals surface area contributed by atoms with Crippen LogP contribution in [-0.2, 0) is 21.3 Å². The number of piperazine rings is 1. The van der Waals surface area contributed by atoms with Crippen molar-refractivity contribution in [1.82, 2.24) is 14.2 Å². The van der Waals surface area contributed by atoms with Gasteiger partial charge in [-0.15, -0.1) is 0 Å². The second-order valence-electron chi connectivity index (χ2n) is 9.07. The number of carbonyl (C=O) groups excluding carboxylic acids is 2. The molecule has 40 heavy (non-hydrogen) atoms. The number of ether oxygens (including phenoxy) is 1. The normalized spacial score (nSPS) is 14.3. The number of halogens is 1. The molecule has 5 rings (SSSR count). The number of para-hydroxylation sites is 1. The molecule has 0 bridgehead atoms. The van der Waals surface area contributed by atoms with Crippen LogP contribution >= 0.6 is 22.9 Å². The lowest BCUT2D eigenvalue weighted by atomic mass is 10.1. The van der Waals surface area contributed by atoms with Crippen LogP contribution in [0.15, 0.2) is 77.7 Å². The van der Waals surface area contributed by atoms with E-state index in [1.165, 1.54) is 44.8 Å². The van der Waals surface area contributed by atoms with Crippen LogP contribution in [0.25, 0.3) is 10.2 Å². The van der Waals surface area contributed by atoms with E-state index < -0.39 is 16.1 Å². The Morgan fingerprint density at radius 3 is 2.33 bits per heavy atom. The van der Waals surface area contributed by atoms with E-state index in [4.69, 9.17) is 16.3 Å². The molecule has 9 nitrogen and oxygen atoms in total. The average Bonchev–Trinajstić information content (AvgIpc) is 3.42. The maximum absolute atomic E-state index is 13.8. The summed E-state index contributed by atoms with van der Waals surface area (Å²) in [6.45, 7) is 3.08. The van der Waals surface area contributed by atoms with Crippen molar-refractivity contribution < 1.29 is 22.7 Å². The molecule has 2 amide bonds. The predicted octanol–water partition coefficient (Wildman–Crippen LogP) is 5.26. The molecule has 0 spiro atoms. The standard InChI is InChI=1S/C28H27ClN4O5S2/c1-2-38-28(35)31-15-17-32(18-16-31)40(36,37)22-13-11-21(12-14-22)26(34)33(19-20-7-4-3-5-8-20)27-30-25-23(29)9-6-10-24(25)39-27/h3-14H,2,15-19H2,1H3. The van der Waals surface area contributed by atoms with Gasteiger partial charge >= 0.3 is 6.09 Å². The topological polar surface area (TPSA) is 100 Å². The summed E-state index contributed by atoms with van der Waals surface area (Å²) >= 11 is 7.71. The number of hydrogen-bond acceptors (Lipinski definition) is 7. The molecule has 4 aromatic rings. The van der Waals surface area contributed by atoms with Gasteiger partial charge in [-0.1, -0.05) is 59.3 Å². The van der Waals surface area contributed by atoms with Gasteiger partial charge in [0.25, 0.3) is 5.91 Å². The minimum atomic E-state index is -3.80. The highest BCUT2D eigenvalue weighted by molar-refractivity contribution is 7.89. The molecule has 2 heterocycles. The molecule has 208 valence electrons. The molecule has 1 aromatic heterocycles. The fourth-order valence-corrected chi connectivity index (χ4v) is 7.10. The van der Waals surface area contributed by atoms with Crippen molar-refractivity contribution in [3.63, 3.8) is 0 Å². The van der Waals surface area contributed by atoms with Crippen LogP contribution in [0, 0.1) is 0 Å². The van der Waals surface area contributed by atoms with Gasteiger partial charge in [0.05, 0.1) is 27.8 Å². The Hall–Kier alpha value is -3.51. The summed E-state index contributed by atoms with van der Waals surface area (Å²) in [7, 11) is -3.80. The first kappa shape index (κ1) is 28.0. The van der Waals surface area contributed by atoms with Crippen molar-refractivity contribution in [3.05, 3.63) is 88.9 Å². The van der Waals surface area contributed by atoms with E-state index >= 15 is 0 Å². The molecular formula is C28H27ClN4O5S2. The van der Waals surface area contributed by atoms with Gasteiger partial charge in [0.2, 0.25) is 10.0 Å². The third kappa shape index (κ3) is 5.83. The van der Waals surface area contributed by atoms with Crippen LogP contribution in [0.4, 0.5) is 9.93 Å². The van der Waals surface area contributed by atoms with Crippen molar-refractivity contribution >= 4 is 60.3 Å². The first-order chi connectivity index (χ1) is 19.3. The van der Waals surface area contributed by atoms with Gasteiger partial charge in [-0.2, -0.15) is 4.31 Å². The van der Waals surface area contributed by atoms with E-state index in [-0.39, 0.29) is 50.1 Å². The van der Waals surface area contributed by atoms with Gasteiger partial charge in [-0.05, 0) is 48.9 Å². The summed E-state index contributed by atoms with van der Waals surface area (Å²) in [5.74, 6) is -0.314. The number of carbonyl (C=O) groups is 2. The van der Waals surface area contributed by atoms with Crippen molar-refractivity contribution in [2.24, 2.45) is 0 Å². The number of hydrogen-bond donors (Lipinski definition) is 0. The van der Waals surface area contributed by atoms with Crippen LogP contribution in [0.2, 0.25) is 5.02 Å². The average molecular weight is 599 g/mol. The smallest absolute Gasteiger partial charge is 0.409 e. The zero-order chi connectivity index (χ0) is 28.3. The summed E-state index contributed by atoms with van der Waals surface area (Å²) in [5, 5.41) is 0.998. The largest absolute Gasteiger partial charge is 0.450 e. The predicted molar refractivity (Wildman–Crippen MR) is 155 cm³/mol. The second-order valence-corrected chi connectivity index (χ2v) is 12.4. The van der Waals surface area contributed by atoms with Gasteiger partial charge in [0.15, 0.2) is 5.13 Å². The fourth-order valence-electron chi connectivity index (χ4n) is 4.41. The van der Waals surface area contributed by atoms with E-state index in [9.17, 15) is 18.0 Å². The van der Waals surface area contributed by atoms with Crippen LogP contribution in [0.3, 0.4) is 0 Å². The SMILES string of the molecule is CCOC(=O)N1CCN(S(=O)(=O)c2ccc(C(=O)N(Cc3ccccc3)c3nc4c(Cl)cccc4s3)cc2)CC1. The lowest BCUT2D eigenvalue weighted by molar-refractivity contribution is 0.0933. The number of sulfonamides is 1. The maximum atomic E-state index is 13.8. The highest BCUT2D eigenvalue weighted by atomic mass is 35.5. The highest BCUT2D eigenvalue weighted by Crippen LogP contribution is 2.34. The molecule has 0 aliphatic carbocycles. The number of nitrogens with zero attached hydrogens (tertiary/aromatic N) is 4. The van der Waals surface area contributed by atoms with Crippen LogP contribution in [0.5, 0.6) is 0 Å². The Morgan fingerprint density at radius 2 is 1.68 bits per heavy atom. The van der Waals surface area contributed by atoms with Gasteiger partial charge in [-0.25, -0.2) is 18.2 Å². The third-order valence-corrected chi connectivity index (χ3v) is 9.78. The molecular weight excluding hydrogens is 572 g/mol. The molecule has 0 atom stereocenters. The molecule has 0 saturated carbocycles. The molecule has 1 aliphatic rings. The molecule has 1 saturated heterocycles. The van der Waals surface area contributed by atoms with Crippen molar-refractivity contribution in [2.45, 2.75) is 18.4 Å².